The number of nitrogens with one attached hydrogen (secondary N) is 1. The second kappa shape index (κ2) is 5.23. The molecule has 1 unspecified atom stereocenters. The summed E-state index contributed by atoms with van der Waals surface area (Å²) in [5, 5.41) is 3.65. The van der Waals surface area contributed by atoms with Crippen molar-refractivity contribution in [3.63, 3.8) is 0 Å². The van der Waals surface area contributed by atoms with E-state index in [4.69, 9.17) is 4.74 Å². The van der Waals surface area contributed by atoms with E-state index in [0.29, 0.717) is 6.04 Å². The minimum absolute atomic E-state index is 0.00682. The number of hydrogen-bond acceptors (Lipinski definition) is 3. The Hall–Kier alpha value is 0.1000. The summed E-state index contributed by atoms with van der Waals surface area (Å²) in [6.07, 6.45) is 2.16. The third kappa shape index (κ3) is 3.56. The lowest BCUT2D eigenvalue weighted by atomic mass is 9.94. The molecule has 0 aromatic carbocycles. The van der Waals surface area contributed by atoms with Gasteiger partial charge in [-0.1, -0.05) is 0 Å². The zero-order valence-corrected chi connectivity index (χ0v) is 14.0. The Morgan fingerprint density at radius 2 is 2.11 bits per heavy atom. The molecule has 0 aliphatic carbocycles. The second-order valence-corrected chi connectivity index (χ2v) is 8.68. The smallest absolute Gasteiger partial charge is 0.0787 e. The molecule has 1 aromatic rings. The quantitative estimate of drug-likeness (QED) is 0.900. The van der Waals surface area contributed by atoms with Crippen LogP contribution in [0.3, 0.4) is 0 Å². The maximum atomic E-state index is 6.09. The normalized spacial score (nSPS) is 25.5. The van der Waals surface area contributed by atoms with Crippen LogP contribution in [0.4, 0.5) is 0 Å². The van der Waals surface area contributed by atoms with Gasteiger partial charge in [0.05, 0.1) is 15.0 Å². The monoisotopic (exact) mass is 331 g/mol. The van der Waals surface area contributed by atoms with Crippen molar-refractivity contribution >= 4 is 27.3 Å². The molecule has 1 fully saturated rings. The van der Waals surface area contributed by atoms with E-state index in [1.807, 2.05) is 11.3 Å². The van der Waals surface area contributed by atoms with E-state index in [9.17, 15) is 0 Å². The molecule has 1 saturated heterocycles. The molecule has 1 aliphatic heterocycles. The highest BCUT2D eigenvalue weighted by Crippen LogP contribution is 2.37. The average Bonchev–Trinajstić information content (AvgIpc) is 2.68. The zero-order chi connectivity index (χ0) is 13.4. The van der Waals surface area contributed by atoms with Gasteiger partial charge in [-0.25, -0.2) is 0 Å². The number of thiophene rings is 1. The molecule has 2 heterocycles. The van der Waals surface area contributed by atoms with Crippen LogP contribution < -0.4 is 5.32 Å². The summed E-state index contributed by atoms with van der Waals surface area (Å²) in [6.45, 7) is 9.72. The molecule has 18 heavy (non-hydrogen) atoms. The van der Waals surface area contributed by atoms with Crippen LogP contribution in [-0.2, 0) is 11.2 Å². The largest absolute Gasteiger partial charge is 0.368 e. The molecule has 1 N–H and O–H groups in total. The first-order valence-electron chi connectivity index (χ1n) is 6.46. The Morgan fingerprint density at radius 1 is 1.39 bits per heavy atom. The topological polar surface area (TPSA) is 21.3 Å². The van der Waals surface area contributed by atoms with Crippen LogP contribution in [-0.4, -0.2) is 23.8 Å². The zero-order valence-electron chi connectivity index (χ0n) is 11.5. The highest BCUT2D eigenvalue weighted by molar-refractivity contribution is 9.11. The first-order chi connectivity index (χ1) is 8.28. The van der Waals surface area contributed by atoms with Crippen molar-refractivity contribution in [2.24, 2.45) is 0 Å². The molecular formula is C14H22BrNOS. The van der Waals surface area contributed by atoms with Gasteiger partial charge in [-0.3, -0.25) is 0 Å². The van der Waals surface area contributed by atoms with E-state index in [2.05, 4.69) is 61.1 Å². The Balaban J connectivity index is 1.83. The first kappa shape index (κ1) is 14.5. The van der Waals surface area contributed by atoms with E-state index in [1.165, 1.54) is 8.66 Å². The maximum absolute atomic E-state index is 6.09. The molecule has 1 aliphatic rings. The van der Waals surface area contributed by atoms with Gasteiger partial charge in [0.25, 0.3) is 0 Å². The van der Waals surface area contributed by atoms with Crippen LogP contribution in [0.1, 0.15) is 39.0 Å². The van der Waals surface area contributed by atoms with E-state index in [1.54, 1.807) is 0 Å². The Labute approximate surface area is 122 Å². The van der Waals surface area contributed by atoms with Crippen LogP contribution in [0.25, 0.3) is 0 Å². The van der Waals surface area contributed by atoms with E-state index in [-0.39, 0.29) is 11.2 Å². The Bertz CT molecular complexity index is 414. The third-order valence-corrected chi connectivity index (χ3v) is 5.15. The number of hydrogen-bond donors (Lipinski definition) is 1. The van der Waals surface area contributed by atoms with Gasteiger partial charge in [-0.2, -0.15) is 0 Å². The summed E-state index contributed by atoms with van der Waals surface area (Å²) in [7, 11) is 0. The van der Waals surface area contributed by atoms with Crippen molar-refractivity contribution in [3.05, 3.63) is 20.8 Å². The molecule has 0 amide bonds. The minimum atomic E-state index is -0.0699. The molecule has 2 rings (SSSR count). The highest BCUT2D eigenvalue weighted by atomic mass is 79.9. The predicted molar refractivity (Wildman–Crippen MR) is 81.4 cm³/mol. The van der Waals surface area contributed by atoms with Crippen molar-refractivity contribution in [3.8, 4) is 0 Å². The molecule has 4 heteroatoms. The lowest BCUT2D eigenvalue weighted by Gasteiger charge is -2.27. The van der Waals surface area contributed by atoms with Crippen molar-refractivity contribution < 1.29 is 4.74 Å². The SMILES string of the molecule is CC1(C)CC(NCCc2ccc(Br)s2)C(C)(C)O1. The molecule has 1 aromatic heterocycles. The summed E-state index contributed by atoms with van der Waals surface area (Å²) >= 11 is 5.32. The standard InChI is InChI=1S/C14H22BrNOS/c1-13(2)9-11(14(3,4)17-13)16-8-7-10-5-6-12(15)18-10/h5-6,11,16H,7-9H2,1-4H3. The summed E-state index contributed by atoms with van der Waals surface area (Å²) in [6, 6.07) is 4.75. The summed E-state index contributed by atoms with van der Waals surface area (Å²) in [5.74, 6) is 0. The van der Waals surface area contributed by atoms with Crippen LogP contribution >= 0.6 is 27.3 Å². The van der Waals surface area contributed by atoms with E-state index < -0.39 is 0 Å². The van der Waals surface area contributed by atoms with Gasteiger partial charge < -0.3 is 10.1 Å². The molecule has 0 radical (unpaired) electrons. The maximum Gasteiger partial charge on any atom is 0.0787 e. The lowest BCUT2D eigenvalue weighted by Crippen LogP contribution is -2.44. The summed E-state index contributed by atoms with van der Waals surface area (Å²) in [5.41, 5.74) is -0.0767. The molecule has 0 spiro atoms. The predicted octanol–water partition coefficient (Wildman–Crippen LogP) is 3.99. The number of rotatable bonds is 4. The van der Waals surface area contributed by atoms with Crippen LogP contribution in [0.2, 0.25) is 0 Å². The highest BCUT2D eigenvalue weighted by Gasteiger charge is 2.45. The Morgan fingerprint density at radius 3 is 2.61 bits per heavy atom. The van der Waals surface area contributed by atoms with Crippen molar-refractivity contribution in [1.29, 1.82) is 0 Å². The molecule has 2 nitrogen and oxygen atoms in total. The van der Waals surface area contributed by atoms with Crippen molar-refractivity contribution in [1.82, 2.24) is 5.32 Å². The fourth-order valence-corrected chi connectivity index (χ4v) is 4.22. The van der Waals surface area contributed by atoms with Crippen LogP contribution in [0.15, 0.2) is 15.9 Å². The fourth-order valence-electron chi connectivity index (χ4n) is 2.74. The van der Waals surface area contributed by atoms with Crippen LogP contribution in [0, 0.1) is 0 Å². The molecule has 1 atom stereocenters. The number of halogens is 1. The Kier molecular flexibility index (Phi) is 4.22. The molecule has 0 bridgehead atoms. The van der Waals surface area contributed by atoms with Gasteiger partial charge in [-0.15, -0.1) is 11.3 Å². The van der Waals surface area contributed by atoms with Gasteiger partial charge >= 0.3 is 0 Å². The van der Waals surface area contributed by atoms with Gasteiger partial charge in [0, 0.05) is 17.5 Å². The minimum Gasteiger partial charge on any atom is -0.368 e. The third-order valence-electron chi connectivity index (χ3n) is 3.47. The summed E-state index contributed by atoms with van der Waals surface area (Å²) < 4.78 is 7.30. The number of ether oxygens (including phenoxy) is 1. The van der Waals surface area contributed by atoms with Gasteiger partial charge in [0.1, 0.15) is 0 Å². The lowest BCUT2D eigenvalue weighted by molar-refractivity contribution is -0.0697. The fraction of sp³-hybridized carbons (Fsp3) is 0.714. The average molecular weight is 332 g/mol. The van der Waals surface area contributed by atoms with Gasteiger partial charge in [0.2, 0.25) is 0 Å². The first-order valence-corrected chi connectivity index (χ1v) is 8.07. The van der Waals surface area contributed by atoms with Gasteiger partial charge in [-0.05, 0) is 68.6 Å². The summed E-state index contributed by atoms with van der Waals surface area (Å²) in [4.78, 5) is 1.42. The van der Waals surface area contributed by atoms with Crippen LogP contribution in [0.5, 0.6) is 0 Å². The molecular weight excluding hydrogens is 310 g/mol. The molecule has 102 valence electrons. The molecule has 0 saturated carbocycles. The van der Waals surface area contributed by atoms with E-state index in [0.717, 1.165) is 19.4 Å². The second-order valence-electron chi connectivity index (χ2n) is 6.13. The van der Waals surface area contributed by atoms with Crippen molar-refractivity contribution in [2.45, 2.75) is 57.8 Å². The van der Waals surface area contributed by atoms with Gasteiger partial charge in [0.15, 0.2) is 0 Å². The van der Waals surface area contributed by atoms with Crippen molar-refractivity contribution in [2.75, 3.05) is 6.54 Å². The van der Waals surface area contributed by atoms with E-state index >= 15 is 0 Å².